The molecule has 1 saturated heterocycles. The Balaban J connectivity index is 1.83. The van der Waals surface area contributed by atoms with Gasteiger partial charge in [0.15, 0.2) is 5.96 Å². The number of aryl methyl sites for hydroxylation is 1. The molecule has 5 nitrogen and oxygen atoms in total. The van der Waals surface area contributed by atoms with Crippen molar-refractivity contribution >= 4 is 11.6 Å². The SMILES string of the molecule is CCN(CCNC(=NC)N1CCC(COC)C1)c1cccc(C)c1. The molecule has 1 fully saturated rings. The zero-order chi connectivity index (χ0) is 17.4. The first-order chi connectivity index (χ1) is 11.7. The Morgan fingerprint density at radius 1 is 1.46 bits per heavy atom. The van der Waals surface area contributed by atoms with Gasteiger partial charge in [-0.15, -0.1) is 0 Å². The second kappa shape index (κ2) is 9.52. The lowest BCUT2D eigenvalue weighted by Crippen LogP contribution is -2.43. The van der Waals surface area contributed by atoms with Crippen LogP contribution in [0.3, 0.4) is 0 Å². The minimum Gasteiger partial charge on any atom is -0.384 e. The molecule has 1 aliphatic rings. The third-order valence-corrected chi connectivity index (χ3v) is 4.61. The zero-order valence-corrected chi connectivity index (χ0v) is 15.6. The van der Waals surface area contributed by atoms with E-state index in [1.54, 1.807) is 7.11 Å². The Bertz CT molecular complexity index is 532. The molecule has 0 saturated carbocycles. The third kappa shape index (κ3) is 5.13. The van der Waals surface area contributed by atoms with E-state index in [9.17, 15) is 0 Å². The van der Waals surface area contributed by atoms with Crippen LogP contribution in [0.2, 0.25) is 0 Å². The smallest absolute Gasteiger partial charge is 0.193 e. The molecule has 1 heterocycles. The van der Waals surface area contributed by atoms with Crippen molar-refractivity contribution in [2.45, 2.75) is 20.3 Å². The normalized spacial score (nSPS) is 18.1. The average molecular weight is 332 g/mol. The summed E-state index contributed by atoms with van der Waals surface area (Å²) >= 11 is 0. The molecule has 1 N–H and O–H groups in total. The van der Waals surface area contributed by atoms with E-state index in [0.717, 1.165) is 45.3 Å². The zero-order valence-electron chi connectivity index (χ0n) is 15.6. The molecule has 134 valence electrons. The van der Waals surface area contributed by atoms with Crippen LogP contribution in [0.1, 0.15) is 18.9 Å². The molecule has 1 atom stereocenters. The number of hydrogen-bond donors (Lipinski definition) is 1. The molecule has 1 aromatic rings. The highest BCUT2D eigenvalue weighted by Gasteiger charge is 2.24. The van der Waals surface area contributed by atoms with Crippen molar-refractivity contribution in [3.63, 3.8) is 0 Å². The summed E-state index contributed by atoms with van der Waals surface area (Å²) in [6.07, 6.45) is 1.18. The average Bonchev–Trinajstić information content (AvgIpc) is 3.04. The highest BCUT2D eigenvalue weighted by atomic mass is 16.5. The summed E-state index contributed by atoms with van der Waals surface area (Å²) in [6, 6.07) is 8.69. The Labute approximate surface area is 146 Å². The largest absolute Gasteiger partial charge is 0.384 e. The third-order valence-electron chi connectivity index (χ3n) is 4.61. The van der Waals surface area contributed by atoms with Gasteiger partial charge in [0, 0.05) is 58.5 Å². The van der Waals surface area contributed by atoms with Crippen molar-refractivity contribution < 1.29 is 4.74 Å². The van der Waals surface area contributed by atoms with Gasteiger partial charge in [-0.2, -0.15) is 0 Å². The molecule has 0 aliphatic carbocycles. The number of nitrogens with zero attached hydrogens (tertiary/aromatic N) is 3. The maximum Gasteiger partial charge on any atom is 0.193 e. The number of likely N-dealkylation sites (tertiary alicyclic amines) is 1. The predicted octanol–water partition coefficient (Wildman–Crippen LogP) is 2.37. The molecule has 5 heteroatoms. The molecule has 0 bridgehead atoms. The number of benzene rings is 1. The summed E-state index contributed by atoms with van der Waals surface area (Å²) in [5.41, 5.74) is 2.59. The van der Waals surface area contributed by atoms with Crippen LogP contribution in [0.5, 0.6) is 0 Å². The first kappa shape index (κ1) is 18.6. The predicted molar refractivity (Wildman–Crippen MR) is 102 cm³/mol. The van der Waals surface area contributed by atoms with E-state index < -0.39 is 0 Å². The molecular weight excluding hydrogens is 300 g/mol. The van der Waals surface area contributed by atoms with Crippen LogP contribution >= 0.6 is 0 Å². The van der Waals surface area contributed by atoms with Gasteiger partial charge in [0.05, 0.1) is 6.61 Å². The Morgan fingerprint density at radius 2 is 2.29 bits per heavy atom. The van der Waals surface area contributed by atoms with Crippen molar-refractivity contribution in [2.24, 2.45) is 10.9 Å². The molecule has 0 aromatic heterocycles. The van der Waals surface area contributed by atoms with Gasteiger partial charge in [0.1, 0.15) is 0 Å². The second-order valence-electron chi connectivity index (χ2n) is 6.45. The number of hydrogen-bond acceptors (Lipinski definition) is 3. The number of ether oxygens (including phenoxy) is 1. The lowest BCUT2D eigenvalue weighted by molar-refractivity contribution is 0.157. The van der Waals surface area contributed by atoms with Gasteiger partial charge in [0.25, 0.3) is 0 Å². The van der Waals surface area contributed by atoms with Crippen molar-refractivity contribution in [1.29, 1.82) is 0 Å². The lowest BCUT2D eigenvalue weighted by atomic mass is 10.1. The maximum atomic E-state index is 5.28. The fraction of sp³-hybridized carbons (Fsp3) is 0.632. The minimum absolute atomic E-state index is 0.619. The molecule has 1 unspecified atom stereocenters. The van der Waals surface area contributed by atoms with E-state index in [2.05, 4.69) is 58.2 Å². The number of rotatable bonds is 7. The van der Waals surface area contributed by atoms with Crippen LogP contribution in [0.4, 0.5) is 5.69 Å². The molecule has 1 aromatic carbocycles. The Morgan fingerprint density at radius 3 is 2.96 bits per heavy atom. The van der Waals surface area contributed by atoms with Crippen molar-refractivity contribution in [1.82, 2.24) is 10.2 Å². The lowest BCUT2D eigenvalue weighted by Gasteiger charge is -2.26. The van der Waals surface area contributed by atoms with E-state index in [1.807, 2.05) is 7.05 Å². The van der Waals surface area contributed by atoms with Crippen LogP contribution in [0.25, 0.3) is 0 Å². The van der Waals surface area contributed by atoms with Crippen LogP contribution in [0.15, 0.2) is 29.3 Å². The second-order valence-corrected chi connectivity index (χ2v) is 6.45. The van der Waals surface area contributed by atoms with Gasteiger partial charge >= 0.3 is 0 Å². The van der Waals surface area contributed by atoms with E-state index in [-0.39, 0.29) is 0 Å². The quantitative estimate of drug-likeness (QED) is 0.615. The van der Waals surface area contributed by atoms with Gasteiger partial charge in [0.2, 0.25) is 0 Å². The Kier molecular flexibility index (Phi) is 7.37. The van der Waals surface area contributed by atoms with E-state index in [1.165, 1.54) is 17.7 Å². The van der Waals surface area contributed by atoms with E-state index in [0.29, 0.717) is 5.92 Å². The number of aliphatic imine (C=N–C) groups is 1. The van der Waals surface area contributed by atoms with Gasteiger partial charge < -0.3 is 19.9 Å². The van der Waals surface area contributed by atoms with Crippen molar-refractivity contribution in [3.8, 4) is 0 Å². The Hall–Kier alpha value is -1.75. The van der Waals surface area contributed by atoms with Crippen molar-refractivity contribution in [3.05, 3.63) is 29.8 Å². The minimum atomic E-state index is 0.619. The monoisotopic (exact) mass is 332 g/mol. The van der Waals surface area contributed by atoms with E-state index >= 15 is 0 Å². The highest BCUT2D eigenvalue weighted by Crippen LogP contribution is 2.17. The number of anilines is 1. The molecule has 24 heavy (non-hydrogen) atoms. The maximum absolute atomic E-state index is 5.28. The first-order valence-electron chi connectivity index (χ1n) is 8.94. The van der Waals surface area contributed by atoms with E-state index in [4.69, 9.17) is 4.74 Å². The van der Waals surface area contributed by atoms with Crippen LogP contribution < -0.4 is 10.2 Å². The topological polar surface area (TPSA) is 40.1 Å². The molecular formula is C19H32N4O. The molecule has 0 spiro atoms. The highest BCUT2D eigenvalue weighted by molar-refractivity contribution is 5.80. The summed E-state index contributed by atoms with van der Waals surface area (Å²) in [4.78, 5) is 9.18. The summed E-state index contributed by atoms with van der Waals surface area (Å²) < 4.78 is 5.28. The van der Waals surface area contributed by atoms with Crippen molar-refractivity contribution in [2.75, 3.05) is 58.4 Å². The van der Waals surface area contributed by atoms with Crippen LogP contribution in [0, 0.1) is 12.8 Å². The molecule has 0 radical (unpaired) electrons. The number of likely N-dealkylation sites (N-methyl/N-ethyl adjacent to an activating group) is 1. The summed E-state index contributed by atoms with van der Waals surface area (Å²) in [7, 11) is 3.64. The number of guanidine groups is 1. The van der Waals surface area contributed by atoms with Gasteiger partial charge in [-0.3, -0.25) is 4.99 Å². The molecule has 1 aliphatic heterocycles. The summed E-state index contributed by atoms with van der Waals surface area (Å²) in [5.74, 6) is 1.63. The molecule has 0 amide bonds. The summed E-state index contributed by atoms with van der Waals surface area (Å²) in [6.45, 7) is 10.1. The number of nitrogens with one attached hydrogen (secondary N) is 1. The summed E-state index contributed by atoms with van der Waals surface area (Å²) in [5, 5.41) is 3.52. The van der Waals surface area contributed by atoms with Gasteiger partial charge in [-0.25, -0.2) is 0 Å². The van der Waals surface area contributed by atoms with Gasteiger partial charge in [-0.1, -0.05) is 12.1 Å². The van der Waals surface area contributed by atoms with Crippen LogP contribution in [-0.4, -0.2) is 64.3 Å². The van der Waals surface area contributed by atoms with Crippen LogP contribution in [-0.2, 0) is 4.74 Å². The van der Waals surface area contributed by atoms with Gasteiger partial charge in [-0.05, 0) is 38.0 Å². The fourth-order valence-electron chi connectivity index (χ4n) is 3.33. The standard InChI is InChI=1S/C19H32N4O/c1-5-22(18-8-6-7-16(2)13-18)12-10-21-19(20-3)23-11-9-17(14-23)15-24-4/h6-8,13,17H,5,9-12,14-15H2,1-4H3,(H,20,21). The fourth-order valence-corrected chi connectivity index (χ4v) is 3.33. The first-order valence-corrected chi connectivity index (χ1v) is 8.94. The molecule has 2 rings (SSSR count). The number of methoxy groups -OCH3 is 1.